The number of benzene rings is 1. The van der Waals surface area contributed by atoms with E-state index in [1.54, 1.807) is 18.3 Å². The van der Waals surface area contributed by atoms with Crippen LogP contribution in [-0.2, 0) is 11.2 Å². The van der Waals surface area contributed by atoms with Gasteiger partial charge in [0.15, 0.2) is 0 Å². The van der Waals surface area contributed by atoms with Gasteiger partial charge >= 0.3 is 0 Å². The van der Waals surface area contributed by atoms with Crippen LogP contribution in [0.5, 0.6) is 0 Å². The summed E-state index contributed by atoms with van der Waals surface area (Å²) in [5.74, 6) is 0.188. The Morgan fingerprint density at radius 2 is 1.94 bits per heavy atom. The second kappa shape index (κ2) is 5.02. The van der Waals surface area contributed by atoms with Gasteiger partial charge in [0, 0.05) is 16.9 Å². The van der Waals surface area contributed by atoms with Crippen molar-refractivity contribution in [3.8, 4) is 10.6 Å². The van der Waals surface area contributed by atoms with Crippen LogP contribution in [0.4, 0.5) is 0 Å². The number of aryl methyl sites for hydroxylation is 3. The molecule has 0 aliphatic carbocycles. The lowest BCUT2D eigenvalue weighted by Crippen LogP contribution is -1.94. The monoisotopic (exact) mass is 259 g/mol. The van der Waals surface area contributed by atoms with Crippen LogP contribution in [0.25, 0.3) is 10.6 Å². The Bertz CT molecular complexity index is 599. The molecule has 3 heteroatoms. The van der Waals surface area contributed by atoms with Crippen molar-refractivity contribution in [2.24, 2.45) is 0 Å². The maximum absolute atomic E-state index is 11.2. The van der Waals surface area contributed by atoms with E-state index < -0.39 is 0 Å². The maximum atomic E-state index is 11.2. The molecule has 0 aliphatic rings. The van der Waals surface area contributed by atoms with Crippen LogP contribution in [-0.4, -0.2) is 10.8 Å². The lowest BCUT2D eigenvalue weighted by Gasteiger charge is -2.01. The van der Waals surface area contributed by atoms with Gasteiger partial charge in [0.2, 0.25) is 0 Å². The summed E-state index contributed by atoms with van der Waals surface area (Å²) in [6.45, 7) is 7.80. The average molecular weight is 259 g/mol. The zero-order chi connectivity index (χ0) is 13.3. The molecule has 2 rings (SSSR count). The Morgan fingerprint density at radius 1 is 1.22 bits per heavy atom. The van der Waals surface area contributed by atoms with E-state index >= 15 is 0 Å². The number of Topliss-reactive ketones (excluding diaryl/α,β-unsaturated/α-hetero) is 1. The Labute approximate surface area is 112 Å². The number of hydrogen-bond donors (Lipinski definition) is 0. The van der Waals surface area contributed by atoms with Crippen molar-refractivity contribution in [2.75, 3.05) is 0 Å². The van der Waals surface area contributed by atoms with E-state index in [4.69, 9.17) is 0 Å². The fourth-order valence-electron chi connectivity index (χ4n) is 1.82. The zero-order valence-corrected chi connectivity index (χ0v) is 12.0. The van der Waals surface area contributed by atoms with Crippen molar-refractivity contribution in [1.29, 1.82) is 0 Å². The minimum atomic E-state index is 0.188. The first-order valence-electron chi connectivity index (χ1n) is 6.00. The van der Waals surface area contributed by atoms with Crippen LogP contribution >= 0.6 is 11.3 Å². The molecule has 18 heavy (non-hydrogen) atoms. The van der Waals surface area contributed by atoms with Crippen LogP contribution in [0.1, 0.15) is 28.6 Å². The SMILES string of the molecule is CC(=O)Cc1sc(-c2ccc(C)c(C)c2)nc1C. The number of hydrogen-bond acceptors (Lipinski definition) is 3. The number of rotatable bonds is 3. The highest BCUT2D eigenvalue weighted by Gasteiger charge is 2.11. The van der Waals surface area contributed by atoms with Gasteiger partial charge < -0.3 is 0 Å². The molecule has 2 aromatic rings. The van der Waals surface area contributed by atoms with E-state index in [2.05, 4.69) is 37.0 Å². The van der Waals surface area contributed by atoms with Crippen molar-refractivity contribution in [2.45, 2.75) is 34.1 Å². The average Bonchev–Trinajstić information content (AvgIpc) is 2.63. The van der Waals surface area contributed by atoms with Crippen molar-refractivity contribution in [3.05, 3.63) is 39.9 Å². The second-order valence-electron chi connectivity index (χ2n) is 4.71. The molecule has 1 aromatic carbocycles. The molecule has 94 valence electrons. The molecule has 1 aromatic heterocycles. The standard InChI is InChI=1S/C15H17NOS/c1-9-5-6-13(7-10(9)2)15-16-12(4)14(18-15)8-11(3)17/h5-7H,8H2,1-4H3. The summed E-state index contributed by atoms with van der Waals surface area (Å²) in [4.78, 5) is 16.8. The lowest BCUT2D eigenvalue weighted by molar-refractivity contribution is -0.116. The molecule has 1 heterocycles. The van der Waals surface area contributed by atoms with E-state index in [0.717, 1.165) is 21.1 Å². The fraction of sp³-hybridized carbons (Fsp3) is 0.333. The number of ketones is 1. The van der Waals surface area contributed by atoms with Gasteiger partial charge in [-0.15, -0.1) is 11.3 Å². The van der Waals surface area contributed by atoms with Crippen LogP contribution in [0.15, 0.2) is 18.2 Å². The number of thiazole rings is 1. The molecule has 0 atom stereocenters. The van der Waals surface area contributed by atoms with Gasteiger partial charge in [-0.05, 0) is 44.9 Å². The van der Waals surface area contributed by atoms with Gasteiger partial charge in [0.05, 0.1) is 5.69 Å². The highest BCUT2D eigenvalue weighted by atomic mass is 32.1. The Hall–Kier alpha value is -1.48. The molecule has 0 saturated heterocycles. The third-order valence-corrected chi connectivity index (χ3v) is 4.26. The van der Waals surface area contributed by atoms with E-state index in [-0.39, 0.29) is 5.78 Å². The molecular formula is C15H17NOS. The van der Waals surface area contributed by atoms with Crippen LogP contribution < -0.4 is 0 Å². The van der Waals surface area contributed by atoms with Crippen LogP contribution in [0, 0.1) is 20.8 Å². The Kier molecular flexibility index (Phi) is 3.62. The van der Waals surface area contributed by atoms with E-state index in [9.17, 15) is 4.79 Å². The highest BCUT2D eigenvalue weighted by Crippen LogP contribution is 2.29. The normalized spacial score (nSPS) is 10.7. The summed E-state index contributed by atoms with van der Waals surface area (Å²) in [5.41, 5.74) is 4.67. The van der Waals surface area contributed by atoms with Gasteiger partial charge in [-0.3, -0.25) is 4.79 Å². The summed E-state index contributed by atoms with van der Waals surface area (Å²) < 4.78 is 0. The first kappa shape index (κ1) is 13.0. The number of nitrogens with zero attached hydrogens (tertiary/aromatic N) is 1. The van der Waals surface area contributed by atoms with Crippen LogP contribution in [0.3, 0.4) is 0 Å². The molecule has 0 aliphatic heterocycles. The smallest absolute Gasteiger partial charge is 0.135 e. The summed E-state index contributed by atoms with van der Waals surface area (Å²) >= 11 is 1.62. The molecule has 0 N–H and O–H groups in total. The predicted octanol–water partition coefficient (Wildman–Crippen LogP) is 3.87. The largest absolute Gasteiger partial charge is 0.300 e. The van der Waals surface area contributed by atoms with Gasteiger partial charge in [-0.25, -0.2) is 4.98 Å². The molecule has 0 saturated carbocycles. The molecule has 0 amide bonds. The van der Waals surface area contributed by atoms with Gasteiger partial charge in [-0.2, -0.15) is 0 Å². The fourth-order valence-corrected chi connectivity index (χ4v) is 2.95. The first-order chi connectivity index (χ1) is 8.47. The van der Waals surface area contributed by atoms with Gasteiger partial charge in [0.1, 0.15) is 10.8 Å². The third kappa shape index (κ3) is 2.67. The molecule has 0 bridgehead atoms. The topological polar surface area (TPSA) is 30.0 Å². The van der Waals surface area contributed by atoms with Crippen LogP contribution in [0.2, 0.25) is 0 Å². The zero-order valence-electron chi connectivity index (χ0n) is 11.2. The summed E-state index contributed by atoms with van der Waals surface area (Å²) in [5, 5.41) is 1.01. The summed E-state index contributed by atoms with van der Waals surface area (Å²) in [6, 6.07) is 6.37. The molecule has 2 nitrogen and oxygen atoms in total. The van der Waals surface area contributed by atoms with Crippen molar-refractivity contribution < 1.29 is 4.79 Å². The highest BCUT2D eigenvalue weighted by molar-refractivity contribution is 7.15. The number of carbonyl (C=O) groups excluding carboxylic acids is 1. The minimum absolute atomic E-state index is 0.188. The van der Waals surface area contributed by atoms with Gasteiger partial charge in [-0.1, -0.05) is 12.1 Å². The molecule has 0 unspecified atom stereocenters. The molecule has 0 fully saturated rings. The first-order valence-corrected chi connectivity index (χ1v) is 6.82. The Balaban J connectivity index is 2.39. The summed E-state index contributed by atoms with van der Waals surface area (Å²) in [7, 11) is 0. The summed E-state index contributed by atoms with van der Waals surface area (Å²) in [6.07, 6.45) is 0.494. The predicted molar refractivity (Wildman–Crippen MR) is 76.1 cm³/mol. The molecule has 0 spiro atoms. The molecule has 0 radical (unpaired) electrons. The number of aromatic nitrogens is 1. The number of carbonyl (C=O) groups is 1. The minimum Gasteiger partial charge on any atom is -0.300 e. The van der Waals surface area contributed by atoms with Crippen molar-refractivity contribution in [1.82, 2.24) is 4.98 Å². The third-order valence-electron chi connectivity index (χ3n) is 3.06. The van der Waals surface area contributed by atoms with E-state index in [0.29, 0.717) is 6.42 Å². The van der Waals surface area contributed by atoms with Crippen molar-refractivity contribution in [3.63, 3.8) is 0 Å². The lowest BCUT2D eigenvalue weighted by atomic mass is 10.1. The van der Waals surface area contributed by atoms with E-state index in [1.165, 1.54) is 11.1 Å². The second-order valence-corrected chi connectivity index (χ2v) is 5.79. The molecular weight excluding hydrogens is 242 g/mol. The van der Waals surface area contributed by atoms with Crippen molar-refractivity contribution >= 4 is 17.1 Å². The van der Waals surface area contributed by atoms with E-state index in [1.807, 2.05) is 6.92 Å². The quantitative estimate of drug-likeness (QED) is 0.837. The van der Waals surface area contributed by atoms with Gasteiger partial charge in [0.25, 0.3) is 0 Å². The Morgan fingerprint density at radius 3 is 2.56 bits per heavy atom. The maximum Gasteiger partial charge on any atom is 0.135 e.